The molecule has 0 aliphatic carbocycles. The van der Waals surface area contributed by atoms with E-state index in [0.29, 0.717) is 12.1 Å². The molecule has 0 saturated carbocycles. The molecule has 0 N–H and O–H groups in total. The van der Waals surface area contributed by atoms with Gasteiger partial charge in [0.15, 0.2) is 5.78 Å². The van der Waals surface area contributed by atoms with Crippen LogP contribution in [0.15, 0.2) is 48.5 Å². The molecule has 0 amide bonds. The third kappa shape index (κ3) is 2.81. The lowest BCUT2D eigenvalue weighted by atomic mass is 10.0. The predicted molar refractivity (Wildman–Crippen MR) is 61.3 cm³/mol. The van der Waals surface area contributed by atoms with Gasteiger partial charge in [0.1, 0.15) is 5.82 Å². The lowest BCUT2D eigenvalue weighted by molar-refractivity contribution is -0.137. The molecule has 0 fully saturated rings. The average molecular weight is 268 g/mol. The van der Waals surface area contributed by atoms with Crippen LogP contribution in [0.4, 0.5) is 17.6 Å². The first-order valence-corrected chi connectivity index (χ1v) is 5.36. The summed E-state index contributed by atoms with van der Waals surface area (Å²) < 4.78 is 50.7. The van der Waals surface area contributed by atoms with Gasteiger partial charge in [-0.2, -0.15) is 13.2 Å². The van der Waals surface area contributed by atoms with Crippen LogP contribution in [0, 0.1) is 5.82 Å². The second kappa shape index (κ2) is 4.84. The highest BCUT2D eigenvalue weighted by molar-refractivity contribution is 6.09. The van der Waals surface area contributed by atoms with E-state index < -0.39 is 23.3 Å². The van der Waals surface area contributed by atoms with Gasteiger partial charge in [0.05, 0.1) is 11.1 Å². The summed E-state index contributed by atoms with van der Waals surface area (Å²) >= 11 is 0. The molecular weight excluding hydrogens is 260 g/mol. The van der Waals surface area contributed by atoms with Gasteiger partial charge in [-0.1, -0.05) is 30.3 Å². The summed E-state index contributed by atoms with van der Waals surface area (Å²) in [6, 6.07) is 9.69. The van der Waals surface area contributed by atoms with E-state index in [0.717, 1.165) is 6.07 Å². The number of carbonyl (C=O) groups is 1. The normalized spacial score (nSPS) is 11.4. The smallest absolute Gasteiger partial charge is 0.288 e. The summed E-state index contributed by atoms with van der Waals surface area (Å²) in [6.45, 7) is 0. The number of hydrogen-bond acceptors (Lipinski definition) is 1. The summed E-state index contributed by atoms with van der Waals surface area (Å²) in [4.78, 5) is 11.9. The average Bonchev–Trinajstić information content (AvgIpc) is 2.38. The van der Waals surface area contributed by atoms with Gasteiger partial charge >= 0.3 is 6.18 Å². The Labute approximate surface area is 106 Å². The van der Waals surface area contributed by atoms with E-state index in [-0.39, 0.29) is 11.1 Å². The van der Waals surface area contributed by atoms with Gasteiger partial charge in [0.2, 0.25) is 0 Å². The van der Waals surface area contributed by atoms with Crippen LogP contribution in [0.1, 0.15) is 21.5 Å². The zero-order valence-electron chi connectivity index (χ0n) is 9.54. The molecule has 98 valence electrons. The fourth-order valence-corrected chi connectivity index (χ4v) is 1.62. The van der Waals surface area contributed by atoms with E-state index in [2.05, 4.69) is 0 Å². The molecule has 0 aromatic heterocycles. The number of alkyl halides is 3. The van der Waals surface area contributed by atoms with Gasteiger partial charge < -0.3 is 0 Å². The van der Waals surface area contributed by atoms with Crippen LogP contribution >= 0.6 is 0 Å². The topological polar surface area (TPSA) is 17.1 Å². The van der Waals surface area contributed by atoms with Crippen molar-refractivity contribution >= 4 is 5.78 Å². The quantitative estimate of drug-likeness (QED) is 0.592. The summed E-state index contributed by atoms with van der Waals surface area (Å²) in [6.07, 6.45) is -4.63. The monoisotopic (exact) mass is 268 g/mol. The molecule has 1 nitrogen and oxygen atoms in total. The highest BCUT2D eigenvalue weighted by Gasteiger charge is 2.31. The van der Waals surface area contributed by atoms with E-state index in [1.165, 1.54) is 12.1 Å². The lowest BCUT2D eigenvalue weighted by Gasteiger charge is -2.08. The minimum Gasteiger partial charge on any atom is -0.288 e. The van der Waals surface area contributed by atoms with Crippen LogP contribution < -0.4 is 0 Å². The molecule has 0 aliphatic heterocycles. The summed E-state index contributed by atoms with van der Waals surface area (Å²) in [5, 5.41) is 0. The van der Waals surface area contributed by atoms with Crippen LogP contribution in [0.3, 0.4) is 0 Å². The zero-order valence-corrected chi connectivity index (χ0v) is 9.54. The zero-order chi connectivity index (χ0) is 14.0. The molecule has 0 atom stereocenters. The van der Waals surface area contributed by atoms with Gasteiger partial charge in [-0.15, -0.1) is 0 Å². The molecule has 0 bridgehead atoms. The van der Waals surface area contributed by atoms with Crippen LogP contribution in [0.5, 0.6) is 0 Å². The second-order valence-corrected chi connectivity index (χ2v) is 3.89. The minimum atomic E-state index is -4.63. The van der Waals surface area contributed by atoms with Gasteiger partial charge in [-0.3, -0.25) is 4.79 Å². The number of halogens is 4. The molecule has 0 unspecified atom stereocenters. The fraction of sp³-hybridized carbons (Fsp3) is 0.0714. The van der Waals surface area contributed by atoms with Gasteiger partial charge in [-0.25, -0.2) is 4.39 Å². The predicted octanol–water partition coefficient (Wildman–Crippen LogP) is 4.08. The Balaban J connectivity index is 2.40. The fourth-order valence-electron chi connectivity index (χ4n) is 1.62. The Morgan fingerprint density at radius 1 is 0.947 bits per heavy atom. The van der Waals surface area contributed by atoms with Crippen LogP contribution in [0.25, 0.3) is 0 Å². The maximum Gasteiger partial charge on any atom is 0.416 e. The number of hydrogen-bond donors (Lipinski definition) is 0. The SMILES string of the molecule is O=C(c1ccccc1)c1ccc(C(F)(F)F)cc1F. The summed E-state index contributed by atoms with van der Waals surface area (Å²) in [5.74, 6) is -1.82. The summed E-state index contributed by atoms with van der Waals surface area (Å²) in [5.41, 5.74) is -1.27. The number of rotatable bonds is 2. The lowest BCUT2D eigenvalue weighted by Crippen LogP contribution is -2.09. The van der Waals surface area contributed by atoms with Crippen molar-refractivity contribution in [2.45, 2.75) is 6.18 Å². The standard InChI is InChI=1S/C14H8F4O/c15-12-8-10(14(16,17)18)6-7-11(12)13(19)9-4-2-1-3-5-9/h1-8H. The van der Waals surface area contributed by atoms with Gasteiger partial charge in [-0.05, 0) is 18.2 Å². The molecular formula is C14H8F4O. The highest BCUT2D eigenvalue weighted by Crippen LogP contribution is 2.30. The number of carbonyl (C=O) groups excluding carboxylic acids is 1. The highest BCUT2D eigenvalue weighted by atomic mass is 19.4. The Bertz CT molecular complexity index is 603. The Hall–Kier alpha value is -2.17. The number of ketones is 1. The second-order valence-electron chi connectivity index (χ2n) is 3.89. The molecule has 0 saturated heterocycles. The van der Waals surface area contributed by atoms with Crippen molar-refractivity contribution in [1.82, 2.24) is 0 Å². The van der Waals surface area contributed by atoms with Crippen molar-refractivity contribution in [1.29, 1.82) is 0 Å². The first-order chi connectivity index (χ1) is 8.89. The van der Waals surface area contributed by atoms with E-state index in [1.54, 1.807) is 18.2 Å². The third-order valence-electron chi connectivity index (χ3n) is 2.58. The Morgan fingerprint density at radius 3 is 2.11 bits per heavy atom. The molecule has 2 aromatic rings. The van der Waals surface area contributed by atoms with Crippen LogP contribution in [-0.4, -0.2) is 5.78 Å². The van der Waals surface area contributed by atoms with E-state index in [1.807, 2.05) is 0 Å². The largest absolute Gasteiger partial charge is 0.416 e. The minimum absolute atomic E-state index is 0.223. The van der Waals surface area contributed by atoms with Crippen molar-refractivity contribution in [3.05, 3.63) is 71.0 Å². The third-order valence-corrected chi connectivity index (χ3v) is 2.58. The summed E-state index contributed by atoms with van der Waals surface area (Å²) in [7, 11) is 0. The molecule has 5 heteroatoms. The van der Waals surface area contributed by atoms with Gasteiger partial charge in [0, 0.05) is 5.56 Å². The molecule has 0 spiro atoms. The van der Waals surface area contributed by atoms with E-state index >= 15 is 0 Å². The molecule has 2 rings (SSSR count). The molecule has 0 heterocycles. The first kappa shape index (κ1) is 13.3. The van der Waals surface area contributed by atoms with Crippen molar-refractivity contribution in [2.24, 2.45) is 0 Å². The number of benzene rings is 2. The van der Waals surface area contributed by atoms with Crippen molar-refractivity contribution in [3.63, 3.8) is 0 Å². The van der Waals surface area contributed by atoms with Crippen molar-refractivity contribution in [2.75, 3.05) is 0 Å². The molecule has 19 heavy (non-hydrogen) atoms. The Kier molecular flexibility index (Phi) is 3.38. The van der Waals surface area contributed by atoms with Gasteiger partial charge in [0.25, 0.3) is 0 Å². The van der Waals surface area contributed by atoms with Crippen molar-refractivity contribution < 1.29 is 22.4 Å². The van der Waals surface area contributed by atoms with Crippen LogP contribution in [0.2, 0.25) is 0 Å². The van der Waals surface area contributed by atoms with Crippen molar-refractivity contribution in [3.8, 4) is 0 Å². The Morgan fingerprint density at radius 2 is 1.58 bits per heavy atom. The van der Waals surface area contributed by atoms with E-state index in [4.69, 9.17) is 0 Å². The first-order valence-electron chi connectivity index (χ1n) is 5.36. The molecule has 2 aromatic carbocycles. The molecule has 0 radical (unpaired) electrons. The maximum atomic E-state index is 13.6. The van der Waals surface area contributed by atoms with E-state index in [9.17, 15) is 22.4 Å². The maximum absolute atomic E-state index is 13.6. The van der Waals surface area contributed by atoms with Crippen LogP contribution in [-0.2, 0) is 6.18 Å². The molecule has 0 aliphatic rings.